The lowest BCUT2D eigenvalue weighted by molar-refractivity contribution is 0.483. The van der Waals surface area contributed by atoms with Crippen molar-refractivity contribution in [2.45, 2.75) is 0 Å². The van der Waals surface area contributed by atoms with Crippen LogP contribution in [0.1, 0.15) is 0 Å². The highest BCUT2D eigenvalue weighted by Gasteiger charge is 2.21. The molecular formula is C66H44NO2P. The number of rotatable bonds is 10. The summed E-state index contributed by atoms with van der Waals surface area (Å²) in [6, 6.07) is 95.5. The number of fused-ring (bicyclic) bond motifs is 6. The Kier molecular flexibility index (Phi) is 10.5. The molecule has 0 saturated heterocycles. The van der Waals surface area contributed by atoms with Crippen LogP contribution in [0.15, 0.2) is 271 Å². The summed E-state index contributed by atoms with van der Waals surface area (Å²) >= 11 is 0. The SMILES string of the molecule is c1ccc(Oc2cccc(-c3cccc(-c4cccc(-c5ccc6oc7c(-c8cccc(-n9c%10ccccc%10c%10cc(P(c%11ccccc%11)c%11ccccc%11)ccc%109)c8)cccc7c6c5)c4)c3)c2)cc1. The second-order valence-corrected chi connectivity index (χ2v) is 19.9. The van der Waals surface area contributed by atoms with Crippen molar-refractivity contribution in [3.8, 4) is 61.7 Å². The van der Waals surface area contributed by atoms with Gasteiger partial charge in [-0.25, -0.2) is 0 Å². The number of hydrogen-bond donors (Lipinski definition) is 0. The van der Waals surface area contributed by atoms with Crippen LogP contribution in [-0.2, 0) is 0 Å². The van der Waals surface area contributed by atoms with Crippen molar-refractivity contribution in [1.82, 2.24) is 4.57 Å². The molecule has 0 atom stereocenters. The zero-order valence-corrected chi connectivity index (χ0v) is 39.0. The first-order chi connectivity index (χ1) is 34.7. The van der Waals surface area contributed by atoms with Gasteiger partial charge in [0.15, 0.2) is 0 Å². The Bertz CT molecular complexity index is 4000. The van der Waals surface area contributed by atoms with Crippen molar-refractivity contribution in [3.63, 3.8) is 0 Å². The average Bonchev–Trinajstić information content (AvgIpc) is 3.97. The van der Waals surface area contributed by atoms with Crippen molar-refractivity contribution >= 4 is 67.6 Å². The minimum atomic E-state index is -0.746. The van der Waals surface area contributed by atoms with Gasteiger partial charge in [0.25, 0.3) is 0 Å². The monoisotopic (exact) mass is 913 g/mol. The largest absolute Gasteiger partial charge is 0.457 e. The molecule has 0 radical (unpaired) electrons. The van der Waals surface area contributed by atoms with Gasteiger partial charge in [-0.05, 0) is 142 Å². The van der Waals surface area contributed by atoms with E-state index in [1.807, 2.05) is 42.5 Å². The number of para-hydroxylation sites is 3. The number of hydrogen-bond acceptors (Lipinski definition) is 2. The number of nitrogens with zero attached hydrogens (tertiary/aromatic N) is 1. The molecule has 2 aromatic heterocycles. The van der Waals surface area contributed by atoms with Gasteiger partial charge in [0.1, 0.15) is 22.7 Å². The topological polar surface area (TPSA) is 27.3 Å². The molecule has 2 heterocycles. The third-order valence-electron chi connectivity index (χ3n) is 13.4. The average molecular weight is 914 g/mol. The Morgan fingerprint density at radius 2 is 0.857 bits per heavy atom. The quantitative estimate of drug-likeness (QED) is 0.128. The van der Waals surface area contributed by atoms with Gasteiger partial charge in [-0.2, -0.15) is 0 Å². The first kappa shape index (κ1) is 41.4. The van der Waals surface area contributed by atoms with Crippen LogP contribution >= 0.6 is 7.92 Å². The van der Waals surface area contributed by atoms with Gasteiger partial charge < -0.3 is 13.7 Å². The summed E-state index contributed by atoms with van der Waals surface area (Å²) in [4.78, 5) is 0. The van der Waals surface area contributed by atoms with E-state index in [0.717, 1.165) is 83.6 Å². The Hall–Kier alpha value is -8.75. The number of aromatic nitrogens is 1. The van der Waals surface area contributed by atoms with Crippen LogP contribution in [0.5, 0.6) is 11.5 Å². The molecule has 0 amide bonds. The second-order valence-electron chi connectivity index (χ2n) is 17.7. The fourth-order valence-electron chi connectivity index (χ4n) is 10.1. The summed E-state index contributed by atoms with van der Waals surface area (Å²) in [6.07, 6.45) is 0. The van der Waals surface area contributed by atoms with Gasteiger partial charge in [0.2, 0.25) is 0 Å². The van der Waals surface area contributed by atoms with Crippen molar-refractivity contribution in [2.24, 2.45) is 0 Å². The first-order valence-corrected chi connectivity index (χ1v) is 25.1. The minimum absolute atomic E-state index is 0.746. The standard InChI is InChI=1S/C66H44NO2P/c1-4-24-53(25-5-1)68-54-26-15-21-49(42-54)47-19-12-17-45(39-47)46-18-13-20-48(40-46)50-35-38-65-62(43-50)60-33-16-32-58(66(60)69-65)51-22-14-23-52(41-51)67-63-34-11-10-31-59(63)61-44-57(36-37-64(61)67)70(55-27-6-2-7-28-55)56-29-8-3-9-30-56/h1-44H. The van der Waals surface area contributed by atoms with E-state index in [1.54, 1.807) is 0 Å². The third kappa shape index (κ3) is 7.64. The van der Waals surface area contributed by atoms with Gasteiger partial charge in [-0.15, -0.1) is 0 Å². The summed E-state index contributed by atoms with van der Waals surface area (Å²) in [6.45, 7) is 0. The van der Waals surface area contributed by atoms with Crippen molar-refractivity contribution in [2.75, 3.05) is 0 Å². The zero-order valence-electron chi connectivity index (χ0n) is 38.1. The molecule has 0 spiro atoms. The highest BCUT2D eigenvalue weighted by Crippen LogP contribution is 2.41. The van der Waals surface area contributed by atoms with E-state index in [-0.39, 0.29) is 0 Å². The fraction of sp³-hybridized carbons (Fsp3) is 0. The van der Waals surface area contributed by atoms with Gasteiger partial charge >= 0.3 is 0 Å². The maximum Gasteiger partial charge on any atom is 0.143 e. The summed E-state index contributed by atoms with van der Waals surface area (Å²) in [5.41, 5.74) is 14.2. The minimum Gasteiger partial charge on any atom is -0.457 e. The van der Waals surface area contributed by atoms with Crippen LogP contribution in [-0.4, -0.2) is 4.57 Å². The van der Waals surface area contributed by atoms with E-state index >= 15 is 0 Å². The van der Waals surface area contributed by atoms with Crippen LogP contribution in [0.3, 0.4) is 0 Å². The van der Waals surface area contributed by atoms with E-state index in [1.165, 1.54) is 37.7 Å². The summed E-state index contributed by atoms with van der Waals surface area (Å²) < 4.78 is 15.4. The molecule has 0 N–H and O–H groups in total. The van der Waals surface area contributed by atoms with Crippen LogP contribution in [0.25, 0.3) is 93.9 Å². The zero-order chi connectivity index (χ0) is 46.4. The molecule has 0 aliphatic carbocycles. The van der Waals surface area contributed by atoms with Crippen LogP contribution in [0.2, 0.25) is 0 Å². The number of furan rings is 1. The first-order valence-electron chi connectivity index (χ1n) is 23.7. The Balaban J connectivity index is 0.836. The fourth-order valence-corrected chi connectivity index (χ4v) is 12.4. The Morgan fingerprint density at radius 3 is 1.57 bits per heavy atom. The molecule has 0 unspecified atom stereocenters. The number of ether oxygens (including phenoxy) is 1. The molecule has 11 aromatic carbocycles. The number of benzene rings is 11. The molecule has 0 aliphatic rings. The molecule has 0 bridgehead atoms. The van der Waals surface area contributed by atoms with Gasteiger partial charge in [0, 0.05) is 32.8 Å². The molecule has 70 heavy (non-hydrogen) atoms. The van der Waals surface area contributed by atoms with E-state index < -0.39 is 7.92 Å². The summed E-state index contributed by atoms with van der Waals surface area (Å²) in [7, 11) is -0.746. The van der Waals surface area contributed by atoms with E-state index in [4.69, 9.17) is 9.15 Å². The predicted molar refractivity (Wildman–Crippen MR) is 295 cm³/mol. The van der Waals surface area contributed by atoms with Gasteiger partial charge in [0.05, 0.1) is 11.0 Å². The molecule has 0 saturated carbocycles. The predicted octanol–water partition coefficient (Wildman–Crippen LogP) is 16.9. The molecular weight excluding hydrogens is 870 g/mol. The van der Waals surface area contributed by atoms with Crippen molar-refractivity contribution in [1.29, 1.82) is 0 Å². The van der Waals surface area contributed by atoms with Gasteiger partial charge in [-0.3, -0.25) is 0 Å². The molecule has 13 rings (SSSR count). The molecule has 330 valence electrons. The second kappa shape index (κ2) is 17.7. The van der Waals surface area contributed by atoms with Crippen LogP contribution < -0.4 is 20.7 Å². The summed E-state index contributed by atoms with van der Waals surface area (Å²) in [5, 5.41) is 8.71. The molecule has 0 fully saturated rings. The van der Waals surface area contributed by atoms with E-state index in [0.29, 0.717) is 0 Å². The maximum absolute atomic E-state index is 6.78. The highest BCUT2D eigenvalue weighted by atomic mass is 31.1. The lowest BCUT2D eigenvalue weighted by Gasteiger charge is -2.19. The van der Waals surface area contributed by atoms with Crippen molar-refractivity contribution < 1.29 is 9.15 Å². The lowest BCUT2D eigenvalue weighted by Crippen LogP contribution is -2.20. The molecule has 4 heteroatoms. The molecule has 3 nitrogen and oxygen atoms in total. The van der Waals surface area contributed by atoms with Crippen LogP contribution in [0.4, 0.5) is 0 Å². The Labute approximate surface area is 407 Å². The Morgan fingerprint density at radius 1 is 0.314 bits per heavy atom. The maximum atomic E-state index is 6.78. The van der Waals surface area contributed by atoms with Gasteiger partial charge in [-0.1, -0.05) is 188 Å². The van der Waals surface area contributed by atoms with E-state index in [2.05, 4.69) is 229 Å². The third-order valence-corrected chi connectivity index (χ3v) is 15.8. The smallest absolute Gasteiger partial charge is 0.143 e. The highest BCUT2D eigenvalue weighted by molar-refractivity contribution is 7.79. The molecule has 0 aliphatic heterocycles. The lowest BCUT2D eigenvalue weighted by atomic mass is 9.95. The molecule has 13 aromatic rings. The normalized spacial score (nSPS) is 11.6. The van der Waals surface area contributed by atoms with E-state index in [9.17, 15) is 0 Å². The summed E-state index contributed by atoms with van der Waals surface area (Å²) in [5.74, 6) is 1.63. The van der Waals surface area contributed by atoms with Crippen LogP contribution in [0, 0.1) is 0 Å². The van der Waals surface area contributed by atoms with Crippen molar-refractivity contribution in [3.05, 3.63) is 267 Å².